The molecule has 0 amide bonds. The summed E-state index contributed by atoms with van der Waals surface area (Å²) in [4.78, 5) is 3.26. The molecular weight excluding hydrogens is 265 g/mol. The number of benzene rings is 1. The minimum atomic E-state index is -3.99. The van der Waals surface area contributed by atoms with E-state index < -0.39 is 20.7 Å². The summed E-state index contributed by atoms with van der Waals surface area (Å²) < 4.78 is 39.2. The van der Waals surface area contributed by atoms with Gasteiger partial charge in [0.2, 0.25) is 0 Å². The number of thiazole rings is 1. The summed E-state index contributed by atoms with van der Waals surface area (Å²) in [5.41, 5.74) is 5.60. The molecule has 0 aliphatic rings. The monoisotopic (exact) mass is 273 g/mol. The third-order valence-corrected chi connectivity index (χ3v) is 4.07. The van der Waals surface area contributed by atoms with Crippen molar-refractivity contribution < 1.29 is 12.8 Å². The van der Waals surface area contributed by atoms with Gasteiger partial charge in [0, 0.05) is 17.3 Å². The van der Waals surface area contributed by atoms with E-state index in [4.69, 9.17) is 5.73 Å². The standard InChI is InChI=1S/C9H8FN3O2S2/c10-7-2-1-6(11)5-8(7)17(14,15)13-9-12-3-4-16-9/h1-5H,11H2,(H,12,13). The quantitative estimate of drug-likeness (QED) is 0.833. The van der Waals surface area contributed by atoms with Gasteiger partial charge in [-0.2, -0.15) is 0 Å². The first kappa shape index (κ1) is 11.8. The highest BCUT2D eigenvalue weighted by molar-refractivity contribution is 7.93. The normalized spacial score (nSPS) is 11.4. The number of hydrogen-bond donors (Lipinski definition) is 2. The van der Waals surface area contributed by atoms with Crippen LogP contribution in [-0.2, 0) is 10.0 Å². The van der Waals surface area contributed by atoms with Crippen molar-refractivity contribution in [3.63, 3.8) is 0 Å². The highest BCUT2D eigenvalue weighted by atomic mass is 32.2. The van der Waals surface area contributed by atoms with Crippen LogP contribution in [0.4, 0.5) is 15.2 Å². The molecule has 2 rings (SSSR count). The predicted molar refractivity (Wildman–Crippen MR) is 63.7 cm³/mol. The molecule has 3 N–H and O–H groups in total. The zero-order valence-electron chi connectivity index (χ0n) is 8.42. The van der Waals surface area contributed by atoms with Crippen LogP contribution in [0.15, 0.2) is 34.7 Å². The van der Waals surface area contributed by atoms with Gasteiger partial charge in [-0.05, 0) is 18.2 Å². The molecule has 0 fully saturated rings. The molecule has 0 bridgehead atoms. The van der Waals surface area contributed by atoms with Crippen molar-refractivity contribution in [3.8, 4) is 0 Å². The summed E-state index contributed by atoms with van der Waals surface area (Å²) in [6.07, 6.45) is 1.44. The summed E-state index contributed by atoms with van der Waals surface area (Å²) in [5, 5.41) is 1.78. The van der Waals surface area contributed by atoms with Crippen LogP contribution in [0, 0.1) is 5.82 Å². The number of nitrogens with two attached hydrogens (primary N) is 1. The number of nitrogens with one attached hydrogen (secondary N) is 1. The smallest absolute Gasteiger partial charge is 0.266 e. The second kappa shape index (κ2) is 4.30. The van der Waals surface area contributed by atoms with Gasteiger partial charge in [0.15, 0.2) is 5.13 Å². The highest BCUT2D eigenvalue weighted by Gasteiger charge is 2.20. The highest BCUT2D eigenvalue weighted by Crippen LogP contribution is 2.21. The lowest BCUT2D eigenvalue weighted by Gasteiger charge is -2.06. The lowest BCUT2D eigenvalue weighted by atomic mass is 10.3. The van der Waals surface area contributed by atoms with E-state index in [0.29, 0.717) is 0 Å². The molecule has 0 saturated heterocycles. The Morgan fingerprint density at radius 1 is 1.41 bits per heavy atom. The number of aromatic nitrogens is 1. The topological polar surface area (TPSA) is 85.1 Å². The van der Waals surface area contributed by atoms with Crippen molar-refractivity contribution in [2.75, 3.05) is 10.5 Å². The van der Waals surface area contributed by atoms with Crippen LogP contribution in [0.2, 0.25) is 0 Å². The maximum absolute atomic E-state index is 13.4. The SMILES string of the molecule is Nc1ccc(F)c(S(=O)(=O)Nc2nccs2)c1. The van der Waals surface area contributed by atoms with E-state index in [0.717, 1.165) is 23.5 Å². The van der Waals surface area contributed by atoms with Crippen LogP contribution in [0.5, 0.6) is 0 Å². The summed E-state index contributed by atoms with van der Waals surface area (Å²) >= 11 is 1.10. The number of rotatable bonds is 3. The number of nitrogens with zero attached hydrogens (tertiary/aromatic N) is 1. The van der Waals surface area contributed by atoms with Crippen molar-refractivity contribution in [2.45, 2.75) is 4.90 Å². The zero-order chi connectivity index (χ0) is 12.5. The first-order valence-electron chi connectivity index (χ1n) is 4.46. The molecule has 1 heterocycles. The lowest BCUT2D eigenvalue weighted by Crippen LogP contribution is -2.14. The van der Waals surface area contributed by atoms with E-state index in [1.807, 2.05) is 0 Å². The van der Waals surface area contributed by atoms with Gasteiger partial charge in [0.05, 0.1) is 0 Å². The Morgan fingerprint density at radius 2 is 2.18 bits per heavy atom. The minimum absolute atomic E-state index is 0.172. The summed E-state index contributed by atoms with van der Waals surface area (Å²) in [7, 11) is -3.99. The summed E-state index contributed by atoms with van der Waals surface area (Å²) in [5.74, 6) is -0.858. The molecule has 17 heavy (non-hydrogen) atoms. The molecule has 90 valence electrons. The fourth-order valence-electron chi connectivity index (χ4n) is 1.17. The van der Waals surface area contributed by atoms with Crippen molar-refractivity contribution in [2.24, 2.45) is 0 Å². The van der Waals surface area contributed by atoms with Gasteiger partial charge in [-0.1, -0.05) is 0 Å². The summed E-state index contributed by atoms with van der Waals surface area (Å²) in [6, 6.07) is 3.36. The minimum Gasteiger partial charge on any atom is -0.399 e. The second-order valence-corrected chi connectivity index (χ2v) is 5.68. The van der Waals surface area contributed by atoms with Crippen LogP contribution in [0.25, 0.3) is 0 Å². The fourth-order valence-corrected chi connectivity index (χ4v) is 3.07. The van der Waals surface area contributed by atoms with Gasteiger partial charge < -0.3 is 5.73 Å². The Bertz CT molecular complexity index is 626. The molecule has 1 aromatic heterocycles. The number of sulfonamides is 1. The molecule has 0 saturated carbocycles. The molecule has 0 aliphatic heterocycles. The van der Waals surface area contributed by atoms with Gasteiger partial charge >= 0.3 is 0 Å². The Morgan fingerprint density at radius 3 is 2.82 bits per heavy atom. The Hall–Kier alpha value is -1.67. The largest absolute Gasteiger partial charge is 0.399 e. The van der Waals surface area contributed by atoms with Gasteiger partial charge in [-0.3, -0.25) is 4.72 Å². The van der Waals surface area contributed by atoms with Crippen LogP contribution in [-0.4, -0.2) is 13.4 Å². The number of anilines is 2. The molecule has 5 nitrogen and oxygen atoms in total. The maximum atomic E-state index is 13.4. The van der Waals surface area contributed by atoms with E-state index >= 15 is 0 Å². The zero-order valence-corrected chi connectivity index (χ0v) is 10.1. The van der Waals surface area contributed by atoms with Crippen LogP contribution in [0.1, 0.15) is 0 Å². The second-order valence-electron chi connectivity index (χ2n) is 3.13. The third kappa shape index (κ3) is 2.53. The van der Waals surface area contributed by atoms with Crippen molar-refractivity contribution >= 4 is 32.2 Å². The van der Waals surface area contributed by atoms with E-state index in [2.05, 4.69) is 9.71 Å². The molecule has 0 spiro atoms. The van der Waals surface area contributed by atoms with Crippen molar-refractivity contribution in [1.82, 2.24) is 4.98 Å². The first-order valence-corrected chi connectivity index (χ1v) is 6.83. The van der Waals surface area contributed by atoms with Gasteiger partial charge in [-0.25, -0.2) is 17.8 Å². The maximum Gasteiger partial charge on any atom is 0.266 e. The Kier molecular flexibility index (Phi) is 2.99. The molecular formula is C9H8FN3O2S2. The number of halogens is 1. The number of nitrogen functional groups attached to an aromatic ring is 1. The third-order valence-electron chi connectivity index (χ3n) is 1.90. The van der Waals surface area contributed by atoms with Crippen LogP contribution >= 0.6 is 11.3 Å². The first-order chi connectivity index (χ1) is 7.99. The van der Waals surface area contributed by atoms with Crippen LogP contribution < -0.4 is 10.5 Å². The molecule has 0 radical (unpaired) electrons. The molecule has 0 atom stereocenters. The molecule has 1 aromatic carbocycles. The average molecular weight is 273 g/mol. The molecule has 0 aliphatic carbocycles. The molecule has 2 aromatic rings. The average Bonchev–Trinajstić information content (AvgIpc) is 2.73. The molecule has 8 heteroatoms. The van der Waals surface area contributed by atoms with Gasteiger partial charge in [0.1, 0.15) is 10.7 Å². The summed E-state index contributed by atoms with van der Waals surface area (Å²) in [6.45, 7) is 0. The van der Waals surface area contributed by atoms with E-state index in [9.17, 15) is 12.8 Å². The van der Waals surface area contributed by atoms with E-state index in [-0.39, 0.29) is 10.8 Å². The van der Waals surface area contributed by atoms with E-state index in [1.165, 1.54) is 12.3 Å². The lowest BCUT2D eigenvalue weighted by molar-refractivity contribution is 0.570. The fraction of sp³-hybridized carbons (Fsp3) is 0. The predicted octanol–water partition coefficient (Wildman–Crippen LogP) is 1.67. The number of hydrogen-bond acceptors (Lipinski definition) is 5. The van der Waals surface area contributed by atoms with Gasteiger partial charge in [-0.15, -0.1) is 11.3 Å². The van der Waals surface area contributed by atoms with Crippen molar-refractivity contribution in [3.05, 3.63) is 35.6 Å². The molecule has 0 unspecified atom stereocenters. The van der Waals surface area contributed by atoms with Gasteiger partial charge in [0.25, 0.3) is 10.0 Å². The Balaban J connectivity index is 2.41. The van der Waals surface area contributed by atoms with Crippen molar-refractivity contribution in [1.29, 1.82) is 0 Å². The van der Waals surface area contributed by atoms with E-state index in [1.54, 1.807) is 5.38 Å². The Labute approximate surface area is 101 Å². The van der Waals surface area contributed by atoms with Crippen LogP contribution in [0.3, 0.4) is 0 Å².